The van der Waals surface area contributed by atoms with E-state index < -0.39 is 17.7 Å². The molecule has 1 saturated heterocycles. The number of amides is 1. The van der Waals surface area contributed by atoms with Crippen LogP contribution in [0.5, 0.6) is 5.75 Å². The highest BCUT2D eigenvalue weighted by Gasteiger charge is 2.40. The number of halogens is 3. The quantitative estimate of drug-likeness (QED) is 0.314. The Kier molecular flexibility index (Phi) is 9.04. The molecule has 0 bridgehead atoms. The number of piperidine rings is 1. The van der Waals surface area contributed by atoms with Crippen LogP contribution >= 0.6 is 12.4 Å². The second kappa shape index (κ2) is 12.7. The molecule has 42 heavy (non-hydrogen) atoms. The smallest absolute Gasteiger partial charge is 0.255 e. The number of rotatable bonds is 7. The van der Waals surface area contributed by atoms with Gasteiger partial charge in [0.05, 0.1) is 19.0 Å². The molecule has 1 unspecified atom stereocenters. The zero-order chi connectivity index (χ0) is 28.5. The summed E-state index contributed by atoms with van der Waals surface area (Å²) in [5, 5.41) is 0. The molecule has 3 aliphatic rings. The molecule has 0 aromatic heterocycles. The second-order valence-electron chi connectivity index (χ2n) is 11.3. The van der Waals surface area contributed by atoms with Crippen molar-refractivity contribution in [3.63, 3.8) is 0 Å². The maximum Gasteiger partial charge on any atom is 0.255 e. The van der Waals surface area contributed by atoms with Gasteiger partial charge in [0.15, 0.2) is 5.78 Å². The van der Waals surface area contributed by atoms with E-state index in [9.17, 15) is 23.2 Å². The summed E-state index contributed by atoms with van der Waals surface area (Å²) in [5.41, 5.74) is 4.11. The maximum absolute atomic E-state index is 14.2. The fourth-order valence-electron chi connectivity index (χ4n) is 6.30. The lowest BCUT2D eigenvalue weighted by atomic mass is 9.89. The summed E-state index contributed by atoms with van der Waals surface area (Å²) in [6, 6.07) is 17.0. The Morgan fingerprint density at radius 3 is 2.33 bits per heavy atom. The molecule has 2 aliphatic heterocycles. The first-order chi connectivity index (χ1) is 19.9. The molecule has 0 N–H and O–H groups in total. The topological polar surface area (TPSA) is 66.9 Å². The molecule has 1 atom stereocenters. The molecule has 1 amide bonds. The number of Topliss-reactive ketones (excluding diaryl/α,β-unsaturated/α-hetero) is 2. The first-order valence-corrected chi connectivity index (χ1v) is 14.2. The molecule has 220 valence electrons. The van der Waals surface area contributed by atoms with Crippen molar-refractivity contribution < 1.29 is 27.9 Å². The lowest BCUT2D eigenvalue weighted by Crippen LogP contribution is -2.44. The Hall–Kier alpha value is -3.62. The second-order valence-corrected chi connectivity index (χ2v) is 11.3. The summed E-state index contributed by atoms with van der Waals surface area (Å²) in [5.74, 6) is -0.691. The van der Waals surface area contributed by atoms with Gasteiger partial charge < -0.3 is 9.64 Å². The number of carbonyl (C=O) groups excluding carboxylic acids is 3. The highest BCUT2D eigenvalue weighted by Crippen LogP contribution is 2.35. The van der Waals surface area contributed by atoms with E-state index in [4.69, 9.17) is 4.74 Å². The molecule has 1 aliphatic carbocycles. The van der Waals surface area contributed by atoms with E-state index in [-0.39, 0.29) is 42.2 Å². The number of ether oxygens (including phenoxy) is 1. The summed E-state index contributed by atoms with van der Waals surface area (Å²) in [4.78, 5) is 41.1. The number of hydrogen-bond donors (Lipinski definition) is 0. The molecule has 9 heteroatoms. The lowest BCUT2D eigenvalue weighted by molar-refractivity contribution is -0.133. The van der Waals surface area contributed by atoms with Crippen LogP contribution in [0.15, 0.2) is 60.7 Å². The Morgan fingerprint density at radius 1 is 0.881 bits per heavy atom. The van der Waals surface area contributed by atoms with Crippen LogP contribution in [0, 0.1) is 11.6 Å². The van der Waals surface area contributed by atoms with E-state index >= 15 is 0 Å². The Morgan fingerprint density at radius 2 is 1.62 bits per heavy atom. The van der Waals surface area contributed by atoms with Gasteiger partial charge in [0.1, 0.15) is 29.8 Å². The SMILES string of the molecule is Cl.O=C1CCC(N2Cc3c(OCc4ccc(CN5CCC(c6ccc(F)cc6F)CC5)cc4)cccc3C2=O)C(=O)C1. The van der Waals surface area contributed by atoms with E-state index in [1.165, 1.54) is 11.6 Å². The van der Waals surface area contributed by atoms with Crippen LogP contribution in [0.25, 0.3) is 0 Å². The average molecular weight is 595 g/mol. The van der Waals surface area contributed by atoms with Crippen LogP contribution in [-0.2, 0) is 29.3 Å². The molecular weight excluding hydrogens is 562 g/mol. The lowest BCUT2D eigenvalue weighted by Gasteiger charge is -2.32. The van der Waals surface area contributed by atoms with Crippen LogP contribution < -0.4 is 4.74 Å². The van der Waals surface area contributed by atoms with Crippen molar-refractivity contribution in [1.29, 1.82) is 0 Å². The van der Waals surface area contributed by atoms with Crippen LogP contribution in [0.2, 0.25) is 0 Å². The minimum atomic E-state index is -0.553. The Labute approximate surface area is 250 Å². The van der Waals surface area contributed by atoms with Crippen molar-refractivity contribution in [2.24, 2.45) is 0 Å². The molecule has 2 heterocycles. The van der Waals surface area contributed by atoms with E-state index in [0.717, 1.165) is 49.7 Å². The van der Waals surface area contributed by atoms with Gasteiger partial charge in [0.2, 0.25) is 0 Å². The summed E-state index contributed by atoms with van der Waals surface area (Å²) in [7, 11) is 0. The predicted molar refractivity (Wildman–Crippen MR) is 156 cm³/mol. The Balaban J connectivity index is 0.00000353. The molecule has 0 radical (unpaired) electrons. The van der Waals surface area contributed by atoms with Gasteiger partial charge in [0, 0.05) is 30.2 Å². The third-order valence-electron chi connectivity index (χ3n) is 8.58. The van der Waals surface area contributed by atoms with Crippen molar-refractivity contribution >= 4 is 29.9 Å². The first-order valence-electron chi connectivity index (χ1n) is 14.2. The zero-order valence-corrected chi connectivity index (χ0v) is 24.0. The van der Waals surface area contributed by atoms with Gasteiger partial charge in [-0.3, -0.25) is 19.3 Å². The number of ketones is 2. The van der Waals surface area contributed by atoms with Gasteiger partial charge in [-0.25, -0.2) is 8.78 Å². The number of hydrogen-bond acceptors (Lipinski definition) is 5. The largest absolute Gasteiger partial charge is 0.489 e. The minimum absolute atomic E-state index is 0. The Bertz CT molecular complexity index is 1490. The van der Waals surface area contributed by atoms with Crippen LogP contribution in [-0.4, -0.2) is 46.4 Å². The highest BCUT2D eigenvalue weighted by atomic mass is 35.5. The molecule has 6 rings (SSSR count). The number of benzene rings is 3. The third kappa shape index (κ3) is 6.25. The minimum Gasteiger partial charge on any atom is -0.489 e. The molecular formula is C33H33ClF2N2O4. The van der Waals surface area contributed by atoms with Gasteiger partial charge in [-0.1, -0.05) is 36.4 Å². The standard InChI is InChI=1S/C33H32F2N2O4.ClH/c34-24-8-10-26(29(35)16-24)23-12-14-36(15-13-23)18-21-4-6-22(7-5-21)20-41-32-3-1-2-27-28(32)19-37(33(27)40)30-11-9-25(38)17-31(30)39;/h1-8,10,16,23,30H,9,11-15,17-20H2;1H. The summed E-state index contributed by atoms with van der Waals surface area (Å²) in [6.45, 7) is 3.15. The molecule has 2 fully saturated rings. The van der Waals surface area contributed by atoms with Crippen LogP contribution in [0.1, 0.15) is 70.6 Å². The van der Waals surface area contributed by atoms with Gasteiger partial charge in [-0.15, -0.1) is 12.4 Å². The van der Waals surface area contributed by atoms with Gasteiger partial charge in [-0.2, -0.15) is 0 Å². The summed E-state index contributed by atoms with van der Waals surface area (Å²) >= 11 is 0. The number of likely N-dealkylation sites (tertiary alicyclic amines) is 1. The highest BCUT2D eigenvalue weighted by molar-refractivity contribution is 6.07. The van der Waals surface area contributed by atoms with Gasteiger partial charge >= 0.3 is 0 Å². The van der Waals surface area contributed by atoms with Crippen molar-refractivity contribution in [2.45, 2.75) is 63.8 Å². The van der Waals surface area contributed by atoms with Crippen molar-refractivity contribution in [1.82, 2.24) is 9.80 Å². The summed E-state index contributed by atoms with van der Waals surface area (Å²) in [6.07, 6.45) is 2.28. The first kappa shape index (κ1) is 29.9. The van der Waals surface area contributed by atoms with Crippen molar-refractivity contribution in [3.8, 4) is 5.75 Å². The van der Waals surface area contributed by atoms with E-state index in [1.807, 2.05) is 18.2 Å². The van der Waals surface area contributed by atoms with Gasteiger partial charge in [0.25, 0.3) is 5.91 Å². The maximum atomic E-state index is 14.2. The monoisotopic (exact) mass is 594 g/mol. The van der Waals surface area contributed by atoms with Crippen LogP contribution in [0.3, 0.4) is 0 Å². The van der Waals surface area contributed by atoms with Crippen LogP contribution in [0.4, 0.5) is 8.78 Å². The van der Waals surface area contributed by atoms with E-state index in [0.29, 0.717) is 42.9 Å². The molecule has 3 aromatic carbocycles. The predicted octanol–water partition coefficient (Wildman–Crippen LogP) is 5.99. The molecule has 1 saturated carbocycles. The average Bonchev–Trinajstić information content (AvgIpc) is 3.30. The summed E-state index contributed by atoms with van der Waals surface area (Å²) < 4.78 is 33.6. The fraction of sp³-hybridized carbons (Fsp3) is 0.364. The fourth-order valence-corrected chi connectivity index (χ4v) is 6.30. The molecule has 6 nitrogen and oxygen atoms in total. The molecule has 0 spiro atoms. The van der Waals surface area contributed by atoms with Gasteiger partial charge in [-0.05, 0) is 73.2 Å². The third-order valence-corrected chi connectivity index (χ3v) is 8.58. The van der Waals surface area contributed by atoms with E-state index in [1.54, 1.807) is 23.1 Å². The molecule has 3 aromatic rings. The van der Waals surface area contributed by atoms with Crippen molar-refractivity contribution in [2.75, 3.05) is 13.1 Å². The van der Waals surface area contributed by atoms with E-state index in [2.05, 4.69) is 17.0 Å². The van der Waals surface area contributed by atoms with Crippen molar-refractivity contribution in [3.05, 3.63) is 100 Å². The number of fused-ring (bicyclic) bond motifs is 1. The normalized spacial score (nSPS) is 19.5. The number of nitrogens with zero attached hydrogens (tertiary/aromatic N) is 2. The number of carbonyl (C=O) groups is 3. The zero-order valence-electron chi connectivity index (χ0n) is 23.2.